The number of carbonyl (C=O) groups excluding carboxylic acids is 1. The first kappa shape index (κ1) is 12.8. The zero-order valence-corrected chi connectivity index (χ0v) is 12.6. The zero-order chi connectivity index (χ0) is 19.6. The van der Waals surface area contributed by atoms with E-state index in [2.05, 4.69) is 5.10 Å². The molecule has 0 aliphatic carbocycles. The molecular weight excluding hydrogens is 299 g/mol. The molecule has 0 saturated heterocycles. The molecule has 1 N–H and O–H groups in total. The van der Waals surface area contributed by atoms with E-state index in [1.165, 1.54) is 31.0 Å². The van der Waals surface area contributed by atoms with Gasteiger partial charge in [0.25, 0.3) is 5.91 Å². The highest BCUT2D eigenvalue weighted by Gasteiger charge is 2.20. The van der Waals surface area contributed by atoms with Crippen molar-refractivity contribution < 1.29 is 18.4 Å². The lowest BCUT2D eigenvalue weighted by Gasteiger charge is -2.19. The summed E-state index contributed by atoms with van der Waals surface area (Å²) in [5.41, 5.74) is 0.341. The van der Waals surface area contributed by atoms with Crippen molar-refractivity contribution in [2.45, 2.75) is 19.6 Å². The number of aliphatic hydroxyl groups is 1. The largest absolute Gasteiger partial charge is 0.389 e. The molecule has 0 aliphatic rings. The van der Waals surface area contributed by atoms with Gasteiger partial charge in [-0.05, 0) is 36.8 Å². The Morgan fingerprint density at radius 1 is 1.61 bits per heavy atom. The van der Waals surface area contributed by atoms with E-state index in [-0.39, 0.29) is 29.1 Å². The molecule has 0 aliphatic heterocycles. The van der Waals surface area contributed by atoms with E-state index in [1.807, 2.05) is 0 Å². The van der Waals surface area contributed by atoms with Gasteiger partial charge in [-0.15, -0.1) is 0 Å². The quantitative estimate of drug-likeness (QED) is 0.931. The van der Waals surface area contributed by atoms with Crippen LogP contribution in [-0.2, 0) is 13.5 Å². The Hall–Kier alpha value is -2.72. The lowest BCUT2D eigenvalue weighted by molar-refractivity contribution is 0.0776. The second-order valence-corrected chi connectivity index (χ2v) is 5.11. The number of aliphatic hydroxyl groups excluding tert-OH is 1. The van der Waals surface area contributed by atoms with Gasteiger partial charge in [-0.3, -0.25) is 9.48 Å². The Labute approximate surface area is 137 Å². The standard InChI is InChI=1S/C16H17FN4O2/c1-10(22)15-6-11(17)4-5-14(15)16(23)20(2)9-12-7-13(8-18)21(3)19-12/h4-7,10,22H,9H2,1-3H3/t10-/m0/s1/i3D3. The minimum Gasteiger partial charge on any atom is -0.389 e. The van der Waals surface area contributed by atoms with Crippen LogP contribution in [0.3, 0.4) is 0 Å². The molecule has 0 bridgehead atoms. The van der Waals surface area contributed by atoms with Crippen LogP contribution in [-0.4, -0.2) is 32.7 Å². The van der Waals surface area contributed by atoms with Gasteiger partial charge < -0.3 is 10.0 Å². The van der Waals surface area contributed by atoms with Gasteiger partial charge >= 0.3 is 0 Å². The van der Waals surface area contributed by atoms with Crippen LogP contribution in [0.5, 0.6) is 0 Å². The zero-order valence-electron chi connectivity index (χ0n) is 15.6. The van der Waals surface area contributed by atoms with Crippen LogP contribution in [0.15, 0.2) is 24.3 Å². The van der Waals surface area contributed by atoms with Gasteiger partial charge in [0.2, 0.25) is 0 Å². The van der Waals surface area contributed by atoms with Crippen LogP contribution in [0.25, 0.3) is 0 Å². The van der Waals surface area contributed by atoms with Gasteiger partial charge in [-0.25, -0.2) is 4.39 Å². The molecule has 0 radical (unpaired) electrons. The number of aryl methyl sites for hydroxylation is 1. The van der Waals surface area contributed by atoms with Crippen molar-refractivity contribution in [3.8, 4) is 6.07 Å². The van der Waals surface area contributed by atoms with Gasteiger partial charge in [0.1, 0.15) is 17.6 Å². The molecule has 2 aromatic rings. The van der Waals surface area contributed by atoms with Crippen LogP contribution >= 0.6 is 0 Å². The summed E-state index contributed by atoms with van der Waals surface area (Å²) in [6.07, 6.45) is -1.04. The average Bonchev–Trinajstić information content (AvgIpc) is 2.97. The highest BCUT2D eigenvalue weighted by molar-refractivity contribution is 5.95. The van der Waals surface area contributed by atoms with Crippen LogP contribution in [0.1, 0.15) is 44.4 Å². The fourth-order valence-electron chi connectivity index (χ4n) is 2.18. The third-order valence-corrected chi connectivity index (χ3v) is 3.31. The second-order valence-electron chi connectivity index (χ2n) is 5.11. The number of hydrogen-bond donors (Lipinski definition) is 1. The molecule has 1 aromatic carbocycles. The van der Waals surface area contributed by atoms with Gasteiger partial charge in [0.15, 0.2) is 0 Å². The Kier molecular flexibility index (Phi) is 3.66. The molecule has 0 fully saturated rings. The van der Waals surface area contributed by atoms with Gasteiger partial charge in [0, 0.05) is 23.7 Å². The van der Waals surface area contributed by atoms with Crippen molar-refractivity contribution in [2.24, 2.45) is 6.98 Å². The summed E-state index contributed by atoms with van der Waals surface area (Å²) in [4.78, 5) is 13.9. The smallest absolute Gasteiger partial charge is 0.254 e. The normalized spacial score (nSPS) is 14.3. The Bertz CT molecular complexity index is 871. The number of rotatable bonds is 4. The lowest BCUT2D eigenvalue weighted by Crippen LogP contribution is -2.27. The summed E-state index contributed by atoms with van der Waals surface area (Å²) in [5, 5.41) is 22.7. The van der Waals surface area contributed by atoms with Crippen LogP contribution < -0.4 is 0 Å². The predicted octanol–water partition coefficient (Wildman–Crippen LogP) is 1.76. The van der Waals surface area contributed by atoms with E-state index < -0.39 is 24.8 Å². The first-order valence-corrected chi connectivity index (χ1v) is 6.77. The molecule has 7 heteroatoms. The van der Waals surface area contributed by atoms with Crippen LogP contribution in [0, 0.1) is 17.1 Å². The molecular formula is C16H17FN4O2. The maximum atomic E-state index is 13.4. The first-order valence-electron chi connectivity index (χ1n) is 8.27. The van der Waals surface area contributed by atoms with Crippen LogP contribution in [0.2, 0.25) is 0 Å². The van der Waals surface area contributed by atoms with Gasteiger partial charge in [-0.2, -0.15) is 10.4 Å². The number of carbonyl (C=O) groups is 1. The SMILES string of the molecule is [2H]C([2H])([2H])n1nc(CN(C)C(=O)c2ccc(F)cc2[C@H](C)O)cc1C#N. The summed E-state index contributed by atoms with van der Waals surface area (Å²) in [7, 11) is 1.46. The Morgan fingerprint density at radius 3 is 2.91 bits per heavy atom. The number of halogens is 1. The van der Waals surface area contributed by atoms with Crippen molar-refractivity contribution in [3.05, 3.63) is 52.6 Å². The molecule has 0 unspecified atom stereocenters. The molecule has 1 heterocycles. The topological polar surface area (TPSA) is 82.2 Å². The van der Waals surface area contributed by atoms with Gasteiger partial charge in [0.05, 0.1) is 18.3 Å². The van der Waals surface area contributed by atoms with Crippen molar-refractivity contribution in [3.63, 3.8) is 0 Å². The fraction of sp³-hybridized carbons (Fsp3) is 0.312. The summed E-state index contributed by atoms with van der Waals surface area (Å²) in [5.74, 6) is -1.07. The maximum Gasteiger partial charge on any atom is 0.254 e. The Balaban J connectivity index is 2.29. The molecule has 0 saturated carbocycles. The number of aromatic nitrogens is 2. The molecule has 1 atom stereocenters. The highest BCUT2D eigenvalue weighted by atomic mass is 19.1. The lowest BCUT2D eigenvalue weighted by atomic mass is 10.0. The molecule has 6 nitrogen and oxygen atoms in total. The van der Waals surface area contributed by atoms with E-state index in [9.17, 15) is 14.3 Å². The number of nitriles is 1. The summed E-state index contributed by atoms with van der Waals surface area (Å²) in [6, 6.07) is 6.51. The summed E-state index contributed by atoms with van der Waals surface area (Å²) >= 11 is 0. The molecule has 1 aromatic heterocycles. The molecule has 2 rings (SSSR count). The minimum atomic E-state index is -2.61. The van der Waals surface area contributed by atoms with Crippen molar-refractivity contribution in [1.29, 1.82) is 5.26 Å². The number of nitrogens with zero attached hydrogens (tertiary/aromatic N) is 4. The third-order valence-electron chi connectivity index (χ3n) is 3.31. The van der Waals surface area contributed by atoms with E-state index in [0.29, 0.717) is 4.68 Å². The number of amides is 1. The first-order chi connectivity index (χ1) is 12.0. The summed E-state index contributed by atoms with van der Waals surface area (Å²) in [6.45, 7) is -1.25. The van der Waals surface area contributed by atoms with Crippen molar-refractivity contribution in [1.82, 2.24) is 14.7 Å². The van der Waals surface area contributed by atoms with Crippen molar-refractivity contribution >= 4 is 5.91 Å². The molecule has 0 spiro atoms. The molecule has 120 valence electrons. The monoisotopic (exact) mass is 319 g/mol. The maximum absolute atomic E-state index is 13.4. The van der Waals surface area contributed by atoms with E-state index in [0.717, 1.165) is 12.1 Å². The van der Waals surface area contributed by atoms with Crippen molar-refractivity contribution in [2.75, 3.05) is 7.05 Å². The Morgan fingerprint density at radius 2 is 2.35 bits per heavy atom. The van der Waals surface area contributed by atoms with E-state index in [1.54, 1.807) is 6.07 Å². The fourth-order valence-corrected chi connectivity index (χ4v) is 2.18. The number of hydrogen-bond acceptors (Lipinski definition) is 4. The number of benzene rings is 1. The van der Waals surface area contributed by atoms with E-state index >= 15 is 0 Å². The van der Waals surface area contributed by atoms with Gasteiger partial charge in [-0.1, -0.05) is 0 Å². The highest BCUT2D eigenvalue weighted by Crippen LogP contribution is 2.21. The molecule has 1 amide bonds. The molecule has 23 heavy (non-hydrogen) atoms. The average molecular weight is 319 g/mol. The predicted molar refractivity (Wildman–Crippen MR) is 80.8 cm³/mol. The summed E-state index contributed by atoms with van der Waals surface area (Å²) < 4.78 is 36.1. The second kappa shape index (κ2) is 6.58. The third kappa shape index (κ3) is 3.55. The van der Waals surface area contributed by atoms with Crippen LogP contribution in [0.4, 0.5) is 4.39 Å². The van der Waals surface area contributed by atoms with E-state index in [4.69, 9.17) is 9.37 Å². The minimum absolute atomic E-state index is 0.0623.